The molecule has 0 spiro atoms. The maximum atomic E-state index is 8.44. The fourth-order valence-corrected chi connectivity index (χ4v) is 1.49. The first-order valence-electron chi connectivity index (χ1n) is 4.80. The molecule has 1 rings (SSSR count). The molecule has 88 valence electrons. The summed E-state index contributed by atoms with van der Waals surface area (Å²) in [6.45, 7) is 3.80. The molecule has 0 aliphatic heterocycles. The van der Waals surface area contributed by atoms with Crippen LogP contribution in [0.15, 0.2) is 17.3 Å². The van der Waals surface area contributed by atoms with Crippen molar-refractivity contribution in [3.63, 3.8) is 0 Å². The summed E-state index contributed by atoms with van der Waals surface area (Å²) < 4.78 is 10.7. The van der Waals surface area contributed by atoms with Crippen molar-refractivity contribution in [3.05, 3.63) is 22.7 Å². The summed E-state index contributed by atoms with van der Waals surface area (Å²) in [5.41, 5.74) is 0.639. The van der Waals surface area contributed by atoms with E-state index in [9.17, 15) is 0 Å². The van der Waals surface area contributed by atoms with Gasteiger partial charge in [-0.3, -0.25) is 0 Å². The molecular formula is C11H14ClNO3. The molecule has 1 N–H and O–H groups in total. The van der Waals surface area contributed by atoms with Crippen LogP contribution in [0.2, 0.25) is 5.02 Å². The van der Waals surface area contributed by atoms with E-state index in [1.54, 1.807) is 12.1 Å². The van der Waals surface area contributed by atoms with E-state index in [1.165, 1.54) is 13.3 Å². The highest BCUT2D eigenvalue weighted by Crippen LogP contribution is 2.36. The molecule has 0 heterocycles. The number of nitrogens with zero attached hydrogens (tertiary/aromatic N) is 1. The van der Waals surface area contributed by atoms with Gasteiger partial charge in [-0.1, -0.05) is 16.8 Å². The Hall–Kier alpha value is -1.42. The van der Waals surface area contributed by atoms with Gasteiger partial charge in [-0.25, -0.2) is 0 Å². The van der Waals surface area contributed by atoms with Gasteiger partial charge in [0.05, 0.1) is 24.5 Å². The number of oxime groups is 1. The number of hydrogen-bond acceptors (Lipinski definition) is 4. The number of ether oxygens (including phenoxy) is 2. The summed E-state index contributed by atoms with van der Waals surface area (Å²) in [6.07, 6.45) is 1.27. The van der Waals surface area contributed by atoms with Crippen LogP contribution >= 0.6 is 11.6 Å². The first-order chi connectivity index (χ1) is 7.58. The lowest BCUT2D eigenvalue weighted by molar-refractivity contribution is 0.230. The molecule has 4 nitrogen and oxygen atoms in total. The Morgan fingerprint density at radius 1 is 1.44 bits per heavy atom. The van der Waals surface area contributed by atoms with E-state index in [1.807, 2.05) is 13.8 Å². The lowest BCUT2D eigenvalue weighted by Gasteiger charge is -2.15. The van der Waals surface area contributed by atoms with Crippen LogP contribution in [-0.2, 0) is 0 Å². The van der Waals surface area contributed by atoms with Gasteiger partial charge in [0.1, 0.15) is 0 Å². The minimum Gasteiger partial charge on any atom is -0.493 e. The Kier molecular flexibility index (Phi) is 4.43. The highest BCUT2D eigenvalue weighted by Gasteiger charge is 2.12. The second-order valence-corrected chi connectivity index (χ2v) is 3.85. The Morgan fingerprint density at radius 2 is 2.12 bits per heavy atom. The average molecular weight is 244 g/mol. The molecular weight excluding hydrogens is 230 g/mol. The molecule has 1 aromatic rings. The first-order valence-corrected chi connectivity index (χ1v) is 5.18. The predicted molar refractivity (Wildman–Crippen MR) is 63.1 cm³/mol. The fraction of sp³-hybridized carbons (Fsp3) is 0.364. The van der Waals surface area contributed by atoms with Crippen molar-refractivity contribution in [1.29, 1.82) is 0 Å². The van der Waals surface area contributed by atoms with E-state index in [0.717, 1.165) is 0 Å². The number of hydrogen-bond donors (Lipinski definition) is 1. The van der Waals surface area contributed by atoms with Crippen LogP contribution in [-0.4, -0.2) is 24.6 Å². The highest BCUT2D eigenvalue weighted by atomic mass is 35.5. The van der Waals surface area contributed by atoms with Crippen LogP contribution in [0.3, 0.4) is 0 Å². The quantitative estimate of drug-likeness (QED) is 0.503. The smallest absolute Gasteiger partial charge is 0.180 e. The second kappa shape index (κ2) is 5.61. The molecule has 0 saturated heterocycles. The van der Waals surface area contributed by atoms with Gasteiger partial charge in [0.15, 0.2) is 11.5 Å². The minimum absolute atomic E-state index is 0.00348. The zero-order valence-electron chi connectivity index (χ0n) is 9.40. The standard InChI is InChI=1S/C11H14ClNO3/c1-7(2)16-11-9(12)4-8(6-13-14)5-10(11)15-3/h4-7,14H,1-3H3/b13-6-. The Morgan fingerprint density at radius 3 is 2.62 bits per heavy atom. The van der Waals surface area contributed by atoms with Crippen molar-refractivity contribution >= 4 is 17.8 Å². The molecule has 0 unspecified atom stereocenters. The van der Waals surface area contributed by atoms with Gasteiger partial charge in [0.2, 0.25) is 0 Å². The van der Waals surface area contributed by atoms with Gasteiger partial charge in [-0.05, 0) is 26.0 Å². The van der Waals surface area contributed by atoms with Gasteiger partial charge >= 0.3 is 0 Å². The summed E-state index contributed by atoms with van der Waals surface area (Å²) >= 11 is 6.04. The monoisotopic (exact) mass is 243 g/mol. The van der Waals surface area contributed by atoms with E-state index in [0.29, 0.717) is 22.1 Å². The zero-order chi connectivity index (χ0) is 12.1. The number of rotatable bonds is 4. The van der Waals surface area contributed by atoms with Crippen LogP contribution in [0.5, 0.6) is 11.5 Å². The Labute approximate surface area is 99.4 Å². The maximum Gasteiger partial charge on any atom is 0.180 e. The van der Waals surface area contributed by atoms with Crippen LogP contribution < -0.4 is 9.47 Å². The molecule has 5 heteroatoms. The molecule has 0 radical (unpaired) electrons. The number of benzene rings is 1. The molecule has 0 fully saturated rings. The van der Waals surface area contributed by atoms with E-state index < -0.39 is 0 Å². The van der Waals surface area contributed by atoms with Crippen LogP contribution in [0.25, 0.3) is 0 Å². The maximum absolute atomic E-state index is 8.44. The van der Waals surface area contributed by atoms with Crippen molar-refractivity contribution in [2.45, 2.75) is 20.0 Å². The van der Waals surface area contributed by atoms with Crippen molar-refractivity contribution in [1.82, 2.24) is 0 Å². The summed E-state index contributed by atoms with van der Waals surface area (Å²) in [6, 6.07) is 3.32. The van der Waals surface area contributed by atoms with Gasteiger partial charge in [-0.15, -0.1) is 0 Å². The normalized spacial score (nSPS) is 11.1. The minimum atomic E-state index is 0.00348. The van der Waals surface area contributed by atoms with E-state index in [-0.39, 0.29) is 6.10 Å². The van der Waals surface area contributed by atoms with E-state index in [2.05, 4.69) is 5.16 Å². The van der Waals surface area contributed by atoms with Gasteiger partial charge in [-0.2, -0.15) is 0 Å². The third-order valence-corrected chi connectivity index (χ3v) is 2.09. The predicted octanol–water partition coefficient (Wildman–Crippen LogP) is 2.94. The molecule has 0 aliphatic carbocycles. The van der Waals surface area contributed by atoms with Crippen LogP contribution in [0.1, 0.15) is 19.4 Å². The second-order valence-electron chi connectivity index (χ2n) is 3.45. The largest absolute Gasteiger partial charge is 0.493 e. The zero-order valence-corrected chi connectivity index (χ0v) is 10.2. The molecule has 0 saturated carbocycles. The Bertz CT molecular complexity index is 391. The lowest BCUT2D eigenvalue weighted by Crippen LogP contribution is -2.07. The topological polar surface area (TPSA) is 51.0 Å². The molecule has 0 aliphatic rings. The SMILES string of the molecule is COc1cc(/C=N\O)cc(Cl)c1OC(C)C. The van der Waals surface area contributed by atoms with Gasteiger partial charge in [0.25, 0.3) is 0 Å². The van der Waals surface area contributed by atoms with Gasteiger partial charge in [0, 0.05) is 5.56 Å². The average Bonchev–Trinajstić information content (AvgIpc) is 2.21. The van der Waals surface area contributed by atoms with Crippen molar-refractivity contribution in [2.24, 2.45) is 5.16 Å². The van der Waals surface area contributed by atoms with Crippen molar-refractivity contribution < 1.29 is 14.7 Å². The summed E-state index contributed by atoms with van der Waals surface area (Å²) in [5, 5.41) is 11.8. The Balaban J connectivity index is 3.17. The molecule has 16 heavy (non-hydrogen) atoms. The first kappa shape index (κ1) is 12.6. The highest BCUT2D eigenvalue weighted by molar-refractivity contribution is 6.32. The van der Waals surface area contributed by atoms with Crippen molar-refractivity contribution in [3.8, 4) is 11.5 Å². The summed E-state index contributed by atoms with van der Waals surface area (Å²) in [7, 11) is 1.53. The molecule has 0 atom stereocenters. The van der Waals surface area contributed by atoms with E-state index >= 15 is 0 Å². The summed E-state index contributed by atoms with van der Waals surface area (Å²) in [5.74, 6) is 1.00. The van der Waals surface area contributed by atoms with Gasteiger partial charge < -0.3 is 14.7 Å². The van der Waals surface area contributed by atoms with Crippen LogP contribution in [0.4, 0.5) is 0 Å². The third-order valence-electron chi connectivity index (χ3n) is 1.81. The molecule has 0 aromatic heterocycles. The number of methoxy groups -OCH3 is 1. The molecule has 0 bridgehead atoms. The number of halogens is 1. The fourth-order valence-electron chi connectivity index (χ4n) is 1.23. The van der Waals surface area contributed by atoms with Crippen molar-refractivity contribution in [2.75, 3.05) is 7.11 Å². The third kappa shape index (κ3) is 3.03. The lowest BCUT2D eigenvalue weighted by atomic mass is 10.2. The van der Waals surface area contributed by atoms with E-state index in [4.69, 9.17) is 26.3 Å². The summed E-state index contributed by atoms with van der Waals surface area (Å²) in [4.78, 5) is 0. The van der Waals surface area contributed by atoms with Crippen LogP contribution in [0, 0.1) is 0 Å². The molecule has 0 amide bonds. The molecule has 1 aromatic carbocycles.